The number of benzene rings is 1. The number of pyridine rings is 1. The van der Waals surface area contributed by atoms with E-state index in [-0.39, 0.29) is 5.78 Å². The molecule has 0 fully saturated rings. The molecule has 0 unspecified atom stereocenters. The Labute approximate surface area is 107 Å². The molecule has 0 bridgehead atoms. The average molecular weight is 243 g/mol. The number of nitrogens with zero attached hydrogens (tertiary/aromatic N) is 1. The molecule has 0 amide bonds. The lowest BCUT2D eigenvalue weighted by Crippen LogP contribution is -2.35. The third kappa shape index (κ3) is 2.57. The second kappa shape index (κ2) is 4.86. The van der Waals surface area contributed by atoms with E-state index in [1.807, 2.05) is 36.4 Å². The first-order valence-electron chi connectivity index (χ1n) is 5.96. The van der Waals surface area contributed by atoms with Crippen molar-refractivity contribution < 1.29 is 9.53 Å². The molecule has 2 rings (SSSR count). The van der Waals surface area contributed by atoms with Crippen molar-refractivity contribution in [3.05, 3.63) is 42.1 Å². The number of fused-ring (bicyclic) bond motifs is 1. The first-order chi connectivity index (χ1) is 8.53. The Morgan fingerprint density at radius 1 is 1.22 bits per heavy atom. The molecule has 0 N–H and O–H groups in total. The third-order valence-corrected chi connectivity index (χ3v) is 3.18. The highest BCUT2D eigenvalue weighted by Gasteiger charge is 2.26. The normalized spacial score (nSPS) is 11.7. The van der Waals surface area contributed by atoms with Crippen LogP contribution < -0.4 is 0 Å². The second-order valence-corrected chi connectivity index (χ2v) is 4.81. The van der Waals surface area contributed by atoms with Crippen LogP contribution in [0.1, 0.15) is 19.5 Å². The van der Waals surface area contributed by atoms with Crippen molar-refractivity contribution in [1.29, 1.82) is 0 Å². The fourth-order valence-corrected chi connectivity index (χ4v) is 1.70. The van der Waals surface area contributed by atoms with E-state index in [9.17, 15) is 4.79 Å². The van der Waals surface area contributed by atoms with Crippen molar-refractivity contribution in [2.24, 2.45) is 0 Å². The van der Waals surface area contributed by atoms with E-state index in [1.165, 1.54) is 0 Å². The first kappa shape index (κ1) is 12.7. The lowest BCUT2D eigenvalue weighted by atomic mass is 9.99. The van der Waals surface area contributed by atoms with E-state index in [1.54, 1.807) is 21.0 Å². The van der Waals surface area contributed by atoms with E-state index in [2.05, 4.69) is 4.98 Å². The topological polar surface area (TPSA) is 39.2 Å². The predicted molar refractivity (Wildman–Crippen MR) is 71.5 cm³/mol. The van der Waals surface area contributed by atoms with Crippen LogP contribution in [-0.2, 0) is 16.0 Å². The Kier molecular flexibility index (Phi) is 3.43. The highest BCUT2D eigenvalue weighted by molar-refractivity contribution is 5.88. The zero-order valence-corrected chi connectivity index (χ0v) is 10.9. The summed E-state index contributed by atoms with van der Waals surface area (Å²) in [7, 11) is 1.55. The van der Waals surface area contributed by atoms with Gasteiger partial charge in [-0.2, -0.15) is 0 Å². The highest BCUT2D eigenvalue weighted by atomic mass is 16.5. The fraction of sp³-hybridized carbons (Fsp3) is 0.333. The number of ketones is 1. The Hall–Kier alpha value is -1.74. The molecule has 0 aliphatic heterocycles. The van der Waals surface area contributed by atoms with Crippen LogP contribution in [0, 0.1) is 0 Å². The standard InChI is InChI=1S/C15H17NO2/c1-15(2,18-3)14(17)10-12-9-8-11-6-4-5-7-13(11)16-12/h4-9H,10H2,1-3H3. The van der Waals surface area contributed by atoms with E-state index in [0.717, 1.165) is 16.6 Å². The lowest BCUT2D eigenvalue weighted by molar-refractivity contribution is -0.136. The third-order valence-electron chi connectivity index (χ3n) is 3.18. The van der Waals surface area contributed by atoms with Gasteiger partial charge < -0.3 is 4.74 Å². The summed E-state index contributed by atoms with van der Waals surface area (Å²) >= 11 is 0. The summed E-state index contributed by atoms with van der Waals surface area (Å²) in [5, 5.41) is 1.08. The highest BCUT2D eigenvalue weighted by Crippen LogP contribution is 2.15. The summed E-state index contributed by atoms with van der Waals surface area (Å²) in [6, 6.07) is 11.8. The Morgan fingerprint density at radius 3 is 2.67 bits per heavy atom. The van der Waals surface area contributed by atoms with E-state index >= 15 is 0 Å². The first-order valence-corrected chi connectivity index (χ1v) is 5.96. The number of carbonyl (C=O) groups excluding carboxylic acids is 1. The smallest absolute Gasteiger partial charge is 0.169 e. The number of carbonyl (C=O) groups is 1. The lowest BCUT2D eigenvalue weighted by Gasteiger charge is -2.20. The zero-order valence-electron chi connectivity index (χ0n) is 10.9. The van der Waals surface area contributed by atoms with Gasteiger partial charge in [-0.15, -0.1) is 0 Å². The van der Waals surface area contributed by atoms with Gasteiger partial charge in [-0.25, -0.2) is 0 Å². The van der Waals surface area contributed by atoms with Crippen molar-refractivity contribution in [3.8, 4) is 0 Å². The quantitative estimate of drug-likeness (QED) is 0.829. The van der Waals surface area contributed by atoms with Gasteiger partial charge in [0, 0.05) is 18.2 Å². The number of Topliss-reactive ketones (excluding diaryl/α,β-unsaturated/α-hetero) is 1. The molecule has 0 atom stereocenters. The zero-order chi connectivity index (χ0) is 13.2. The van der Waals surface area contributed by atoms with Gasteiger partial charge in [0.25, 0.3) is 0 Å². The molecule has 0 saturated carbocycles. The number of hydrogen-bond acceptors (Lipinski definition) is 3. The largest absolute Gasteiger partial charge is 0.371 e. The molecule has 3 heteroatoms. The molecule has 94 valence electrons. The average Bonchev–Trinajstić information content (AvgIpc) is 2.38. The van der Waals surface area contributed by atoms with Crippen molar-refractivity contribution in [2.45, 2.75) is 25.9 Å². The van der Waals surface area contributed by atoms with Gasteiger partial charge in [0.15, 0.2) is 5.78 Å². The van der Waals surface area contributed by atoms with Crippen LogP contribution in [0.4, 0.5) is 0 Å². The molecule has 0 spiro atoms. The van der Waals surface area contributed by atoms with Crippen LogP contribution in [0.2, 0.25) is 0 Å². The summed E-state index contributed by atoms with van der Waals surface area (Å²) in [5.41, 5.74) is 0.940. The number of rotatable bonds is 4. The molecule has 0 saturated heterocycles. The van der Waals surface area contributed by atoms with Crippen LogP contribution in [-0.4, -0.2) is 23.5 Å². The van der Waals surface area contributed by atoms with Gasteiger partial charge in [0.1, 0.15) is 5.60 Å². The maximum absolute atomic E-state index is 12.0. The number of hydrogen-bond donors (Lipinski definition) is 0. The van der Waals surface area contributed by atoms with E-state index in [0.29, 0.717) is 6.42 Å². The monoisotopic (exact) mass is 243 g/mol. The van der Waals surface area contributed by atoms with E-state index < -0.39 is 5.60 Å². The molecule has 1 aromatic heterocycles. The maximum atomic E-state index is 12.0. The maximum Gasteiger partial charge on any atom is 0.169 e. The second-order valence-electron chi connectivity index (χ2n) is 4.81. The molecule has 1 heterocycles. The number of ether oxygens (including phenoxy) is 1. The number of methoxy groups -OCH3 is 1. The molecule has 18 heavy (non-hydrogen) atoms. The summed E-state index contributed by atoms with van der Waals surface area (Å²) in [6.45, 7) is 3.55. The molecule has 2 aromatic rings. The minimum atomic E-state index is -0.757. The minimum Gasteiger partial charge on any atom is -0.371 e. The predicted octanol–water partition coefficient (Wildman–Crippen LogP) is 2.77. The van der Waals surface area contributed by atoms with Crippen molar-refractivity contribution >= 4 is 16.7 Å². The summed E-state index contributed by atoms with van der Waals surface area (Å²) < 4.78 is 5.18. The molecular formula is C15H17NO2. The van der Waals surface area contributed by atoms with Crippen molar-refractivity contribution in [1.82, 2.24) is 4.98 Å². The Bertz CT molecular complexity index is 575. The summed E-state index contributed by atoms with van der Waals surface area (Å²) in [5.74, 6) is 0.0350. The molecule has 3 nitrogen and oxygen atoms in total. The Morgan fingerprint density at radius 2 is 1.94 bits per heavy atom. The molecule has 0 aliphatic carbocycles. The van der Waals surface area contributed by atoms with Gasteiger partial charge in [-0.05, 0) is 26.0 Å². The van der Waals surface area contributed by atoms with Crippen molar-refractivity contribution in [3.63, 3.8) is 0 Å². The summed E-state index contributed by atoms with van der Waals surface area (Å²) in [6.07, 6.45) is 0.297. The molecule has 0 aliphatic rings. The molecule has 1 aromatic carbocycles. The van der Waals surface area contributed by atoms with Gasteiger partial charge in [-0.1, -0.05) is 24.3 Å². The SMILES string of the molecule is COC(C)(C)C(=O)Cc1ccc2ccccc2n1. The van der Waals surface area contributed by atoms with Crippen LogP contribution in [0.3, 0.4) is 0 Å². The van der Waals surface area contributed by atoms with E-state index in [4.69, 9.17) is 4.74 Å². The number of para-hydroxylation sites is 1. The van der Waals surface area contributed by atoms with Gasteiger partial charge in [0.2, 0.25) is 0 Å². The summed E-state index contributed by atoms with van der Waals surface area (Å²) in [4.78, 5) is 16.5. The van der Waals surface area contributed by atoms with Crippen LogP contribution in [0.15, 0.2) is 36.4 Å². The number of aromatic nitrogens is 1. The molecular weight excluding hydrogens is 226 g/mol. The van der Waals surface area contributed by atoms with Crippen LogP contribution in [0.5, 0.6) is 0 Å². The van der Waals surface area contributed by atoms with Gasteiger partial charge >= 0.3 is 0 Å². The minimum absolute atomic E-state index is 0.0350. The van der Waals surface area contributed by atoms with Crippen molar-refractivity contribution in [2.75, 3.05) is 7.11 Å². The van der Waals surface area contributed by atoms with Crippen LogP contribution in [0.25, 0.3) is 10.9 Å². The Balaban J connectivity index is 2.25. The van der Waals surface area contributed by atoms with Gasteiger partial charge in [-0.3, -0.25) is 9.78 Å². The molecule has 0 radical (unpaired) electrons. The van der Waals surface area contributed by atoms with Crippen LogP contribution >= 0.6 is 0 Å². The van der Waals surface area contributed by atoms with Gasteiger partial charge in [0.05, 0.1) is 11.9 Å². The fourth-order valence-electron chi connectivity index (χ4n) is 1.70.